The van der Waals surface area contributed by atoms with E-state index in [1.165, 1.54) is 12.0 Å². The summed E-state index contributed by atoms with van der Waals surface area (Å²) >= 11 is 0. The summed E-state index contributed by atoms with van der Waals surface area (Å²) in [6.07, 6.45) is 1.25. The van der Waals surface area contributed by atoms with E-state index in [-0.39, 0.29) is 0 Å². The smallest absolute Gasteiger partial charge is 0.123 e. The van der Waals surface area contributed by atoms with E-state index in [1.54, 1.807) is 7.11 Å². The van der Waals surface area contributed by atoms with Crippen LogP contribution in [0, 0.1) is 5.92 Å². The Labute approximate surface area is 118 Å². The lowest BCUT2D eigenvalue weighted by Gasteiger charge is -2.18. The molecule has 108 valence electrons. The van der Waals surface area contributed by atoms with E-state index in [0.717, 1.165) is 37.8 Å². The number of methoxy groups -OCH3 is 1. The van der Waals surface area contributed by atoms with E-state index < -0.39 is 0 Å². The molecule has 1 aromatic carbocycles. The van der Waals surface area contributed by atoms with Crippen LogP contribution in [-0.4, -0.2) is 38.7 Å². The summed E-state index contributed by atoms with van der Waals surface area (Å²) in [5.74, 6) is 1.75. The lowest BCUT2D eigenvalue weighted by Crippen LogP contribution is -2.29. The average Bonchev–Trinajstić information content (AvgIpc) is 2.38. The van der Waals surface area contributed by atoms with Crippen molar-refractivity contribution in [3.05, 3.63) is 29.8 Å². The molecule has 0 atom stereocenters. The highest BCUT2D eigenvalue weighted by atomic mass is 16.5. The predicted molar refractivity (Wildman–Crippen MR) is 81.7 cm³/mol. The van der Waals surface area contributed by atoms with Crippen molar-refractivity contribution < 1.29 is 4.74 Å². The molecule has 0 fully saturated rings. The highest BCUT2D eigenvalue weighted by Gasteiger charge is 2.05. The van der Waals surface area contributed by atoms with Crippen molar-refractivity contribution in [3.8, 4) is 5.75 Å². The first-order valence-corrected chi connectivity index (χ1v) is 7.14. The number of ether oxygens (including phenoxy) is 1. The summed E-state index contributed by atoms with van der Waals surface area (Å²) in [7, 11) is 3.88. The summed E-state index contributed by atoms with van der Waals surface area (Å²) in [5, 5.41) is 3.49. The van der Waals surface area contributed by atoms with Crippen LogP contribution in [0.3, 0.4) is 0 Å². The molecule has 0 aliphatic heterocycles. The average molecular weight is 264 g/mol. The molecule has 0 aliphatic rings. The van der Waals surface area contributed by atoms with E-state index >= 15 is 0 Å². The number of nitrogens with zero attached hydrogens (tertiary/aromatic N) is 1. The van der Waals surface area contributed by atoms with E-state index in [4.69, 9.17) is 4.74 Å². The molecule has 3 heteroatoms. The fourth-order valence-electron chi connectivity index (χ4n) is 1.99. The highest BCUT2D eigenvalue weighted by Crippen LogP contribution is 2.18. The van der Waals surface area contributed by atoms with Crippen molar-refractivity contribution in [2.75, 3.05) is 33.8 Å². The standard InChI is InChI=1S/C16H28N2O/c1-14(2)9-10-17-11-12-18(3)13-15-7-5-6-8-16(15)19-4/h5-8,14,17H,9-13H2,1-4H3. The van der Waals surface area contributed by atoms with Gasteiger partial charge in [0.25, 0.3) is 0 Å². The second kappa shape index (κ2) is 8.94. The van der Waals surface area contributed by atoms with Crippen molar-refractivity contribution in [3.63, 3.8) is 0 Å². The third kappa shape index (κ3) is 6.60. The maximum Gasteiger partial charge on any atom is 0.123 e. The normalized spacial score (nSPS) is 11.3. The molecule has 3 nitrogen and oxygen atoms in total. The molecule has 0 unspecified atom stereocenters. The van der Waals surface area contributed by atoms with E-state index in [2.05, 4.69) is 43.2 Å². The monoisotopic (exact) mass is 264 g/mol. The lowest BCUT2D eigenvalue weighted by atomic mass is 10.1. The van der Waals surface area contributed by atoms with Gasteiger partial charge in [0, 0.05) is 25.2 Å². The van der Waals surface area contributed by atoms with Gasteiger partial charge in [0.05, 0.1) is 7.11 Å². The predicted octanol–water partition coefficient (Wildman–Crippen LogP) is 2.76. The molecule has 0 heterocycles. The second-order valence-corrected chi connectivity index (χ2v) is 5.48. The van der Waals surface area contributed by atoms with Gasteiger partial charge in [-0.2, -0.15) is 0 Å². The first-order valence-electron chi connectivity index (χ1n) is 7.14. The molecule has 0 radical (unpaired) electrons. The van der Waals surface area contributed by atoms with Crippen LogP contribution in [0.1, 0.15) is 25.8 Å². The maximum absolute atomic E-state index is 5.37. The Bertz CT molecular complexity index is 352. The van der Waals surface area contributed by atoms with Crippen molar-refractivity contribution in [2.45, 2.75) is 26.8 Å². The zero-order valence-electron chi connectivity index (χ0n) is 12.8. The van der Waals surface area contributed by atoms with Crippen molar-refractivity contribution in [1.82, 2.24) is 10.2 Å². The summed E-state index contributed by atoms with van der Waals surface area (Å²) in [6.45, 7) is 8.65. The van der Waals surface area contributed by atoms with Crippen LogP contribution in [0.25, 0.3) is 0 Å². The van der Waals surface area contributed by atoms with Crippen LogP contribution in [0.2, 0.25) is 0 Å². The Hall–Kier alpha value is -1.06. The quantitative estimate of drug-likeness (QED) is 0.694. The van der Waals surface area contributed by atoms with Crippen LogP contribution in [0.5, 0.6) is 5.75 Å². The molecule has 0 saturated carbocycles. The molecule has 1 rings (SSSR count). The molecule has 0 bridgehead atoms. The summed E-state index contributed by atoms with van der Waals surface area (Å²) in [5.41, 5.74) is 1.25. The Morgan fingerprint density at radius 1 is 1.21 bits per heavy atom. The van der Waals surface area contributed by atoms with E-state index in [0.29, 0.717) is 0 Å². The Balaban J connectivity index is 2.25. The van der Waals surface area contributed by atoms with Gasteiger partial charge in [0.1, 0.15) is 5.75 Å². The van der Waals surface area contributed by atoms with E-state index in [1.807, 2.05) is 12.1 Å². The minimum Gasteiger partial charge on any atom is -0.496 e. The van der Waals surface area contributed by atoms with Crippen molar-refractivity contribution in [2.24, 2.45) is 5.92 Å². The maximum atomic E-state index is 5.37. The van der Waals surface area contributed by atoms with Gasteiger partial charge in [0.2, 0.25) is 0 Å². The minimum absolute atomic E-state index is 0.777. The van der Waals surface area contributed by atoms with Gasteiger partial charge in [-0.25, -0.2) is 0 Å². The Kier molecular flexibility index (Phi) is 7.53. The number of benzene rings is 1. The van der Waals surface area contributed by atoms with Gasteiger partial charge in [-0.3, -0.25) is 0 Å². The summed E-state index contributed by atoms with van der Waals surface area (Å²) in [6, 6.07) is 8.22. The SMILES string of the molecule is COc1ccccc1CN(C)CCNCCC(C)C. The van der Waals surface area contributed by atoms with Crippen LogP contribution >= 0.6 is 0 Å². The molecule has 0 aliphatic carbocycles. The van der Waals surface area contributed by atoms with Gasteiger partial charge in [-0.05, 0) is 32.0 Å². The number of para-hydroxylation sites is 1. The number of nitrogens with one attached hydrogen (secondary N) is 1. The van der Waals surface area contributed by atoms with Crippen LogP contribution in [-0.2, 0) is 6.54 Å². The molecular weight excluding hydrogens is 236 g/mol. The Morgan fingerprint density at radius 3 is 2.63 bits per heavy atom. The number of likely N-dealkylation sites (N-methyl/N-ethyl adjacent to an activating group) is 1. The number of hydrogen-bond acceptors (Lipinski definition) is 3. The van der Waals surface area contributed by atoms with E-state index in [9.17, 15) is 0 Å². The second-order valence-electron chi connectivity index (χ2n) is 5.48. The van der Waals surface area contributed by atoms with Gasteiger partial charge in [-0.1, -0.05) is 32.0 Å². The molecule has 1 N–H and O–H groups in total. The third-order valence-electron chi connectivity index (χ3n) is 3.20. The molecule has 0 saturated heterocycles. The number of hydrogen-bond donors (Lipinski definition) is 1. The number of rotatable bonds is 9. The van der Waals surface area contributed by atoms with Gasteiger partial charge in [-0.15, -0.1) is 0 Å². The van der Waals surface area contributed by atoms with Crippen LogP contribution in [0.15, 0.2) is 24.3 Å². The van der Waals surface area contributed by atoms with Crippen LogP contribution in [0.4, 0.5) is 0 Å². The van der Waals surface area contributed by atoms with Crippen molar-refractivity contribution in [1.29, 1.82) is 0 Å². The van der Waals surface area contributed by atoms with Gasteiger partial charge < -0.3 is 15.0 Å². The molecule has 1 aromatic rings. The molecule has 0 aromatic heterocycles. The summed E-state index contributed by atoms with van der Waals surface area (Å²) < 4.78 is 5.37. The van der Waals surface area contributed by atoms with Crippen molar-refractivity contribution >= 4 is 0 Å². The Morgan fingerprint density at radius 2 is 1.95 bits per heavy atom. The van der Waals surface area contributed by atoms with Crippen LogP contribution < -0.4 is 10.1 Å². The van der Waals surface area contributed by atoms with Gasteiger partial charge in [0.15, 0.2) is 0 Å². The largest absolute Gasteiger partial charge is 0.496 e. The molecule has 0 spiro atoms. The zero-order valence-corrected chi connectivity index (χ0v) is 12.8. The zero-order chi connectivity index (χ0) is 14.1. The molecule has 19 heavy (non-hydrogen) atoms. The minimum atomic E-state index is 0.777. The van der Waals surface area contributed by atoms with Gasteiger partial charge >= 0.3 is 0 Å². The summed E-state index contributed by atoms with van der Waals surface area (Å²) in [4.78, 5) is 2.32. The first-order chi connectivity index (χ1) is 9.13. The molecule has 0 amide bonds. The molecular formula is C16H28N2O. The highest BCUT2D eigenvalue weighted by molar-refractivity contribution is 5.32. The topological polar surface area (TPSA) is 24.5 Å². The fourth-order valence-corrected chi connectivity index (χ4v) is 1.99. The third-order valence-corrected chi connectivity index (χ3v) is 3.20. The first kappa shape index (κ1) is 16.0. The fraction of sp³-hybridized carbons (Fsp3) is 0.625. The lowest BCUT2D eigenvalue weighted by molar-refractivity contribution is 0.314.